The summed E-state index contributed by atoms with van der Waals surface area (Å²) in [5, 5.41) is 5.80. The lowest BCUT2D eigenvalue weighted by Crippen LogP contribution is -2.23. The molecular weight excluding hydrogens is 306 g/mol. The fourth-order valence-corrected chi connectivity index (χ4v) is 2.11. The van der Waals surface area contributed by atoms with Gasteiger partial charge >= 0.3 is 0 Å². The minimum atomic E-state index is -0.187. The molecule has 0 aromatic heterocycles. The summed E-state index contributed by atoms with van der Waals surface area (Å²) >= 11 is 0. The maximum Gasteiger partial charge on any atom is 0.253 e. The highest BCUT2D eigenvalue weighted by atomic mass is 16.5. The third kappa shape index (κ3) is 4.74. The zero-order valence-corrected chi connectivity index (χ0v) is 14.0. The van der Waals surface area contributed by atoms with E-state index >= 15 is 0 Å². The van der Waals surface area contributed by atoms with Crippen LogP contribution >= 0.6 is 0 Å². The average Bonchev–Trinajstić information content (AvgIpc) is 2.59. The summed E-state index contributed by atoms with van der Waals surface area (Å²) in [5.74, 6) is 0.405. The van der Waals surface area contributed by atoms with Crippen molar-refractivity contribution >= 4 is 23.2 Å². The average molecular weight is 327 g/mol. The summed E-state index contributed by atoms with van der Waals surface area (Å²) in [4.78, 5) is 25.5. The lowest BCUT2D eigenvalue weighted by atomic mass is 10.2. The number of nitrogens with one attached hydrogen (secondary N) is 2. The molecule has 0 aliphatic heterocycles. The van der Waals surface area contributed by atoms with E-state index < -0.39 is 0 Å². The Hall–Kier alpha value is -3.02. The lowest BCUT2D eigenvalue weighted by Gasteiger charge is -2.12. The van der Waals surface area contributed by atoms with Gasteiger partial charge in [0.15, 0.2) is 0 Å². The van der Waals surface area contributed by atoms with Crippen molar-refractivity contribution in [2.24, 2.45) is 0 Å². The third-order valence-electron chi connectivity index (χ3n) is 3.32. The minimum absolute atomic E-state index is 0.0838. The van der Waals surface area contributed by atoms with Crippen LogP contribution in [0, 0.1) is 0 Å². The summed E-state index contributed by atoms with van der Waals surface area (Å²) in [7, 11) is 4.97. The van der Waals surface area contributed by atoms with Gasteiger partial charge in [-0.15, -0.1) is 0 Å². The summed E-state index contributed by atoms with van der Waals surface area (Å²) in [6, 6.07) is 14.2. The SMILES string of the molecule is COc1cccc(NC(=O)CNc2cccc(C(=O)N(C)C)c2)c1. The second-order valence-corrected chi connectivity index (χ2v) is 5.41. The smallest absolute Gasteiger partial charge is 0.253 e. The number of hydrogen-bond donors (Lipinski definition) is 2. The van der Waals surface area contributed by atoms with E-state index in [1.807, 2.05) is 6.07 Å². The molecular formula is C18H21N3O3. The van der Waals surface area contributed by atoms with Crippen LogP contribution in [0.15, 0.2) is 48.5 Å². The quantitative estimate of drug-likeness (QED) is 0.855. The normalized spacial score (nSPS) is 9.96. The Bertz CT molecular complexity index is 729. The molecule has 0 spiro atoms. The molecule has 6 heteroatoms. The second-order valence-electron chi connectivity index (χ2n) is 5.41. The van der Waals surface area contributed by atoms with Crippen molar-refractivity contribution in [3.8, 4) is 5.75 Å². The highest BCUT2D eigenvalue weighted by Gasteiger charge is 2.09. The Morgan fingerprint density at radius 1 is 1.04 bits per heavy atom. The largest absolute Gasteiger partial charge is 0.497 e. The molecule has 0 saturated heterocycles. The molecule has 0 heterocycles. The molecule has 126 valence electrons. The van der Waals surface area contributed by atoms with Crippen molar-refractivity contribution in [2.75, 3.05) is 38.4 Å². The molecule has 0 bridgehead atoms. The lowest BCUT2D eigenvalue weighted by molar-refractivity contribution is -0.114. The van der Waals surface area contributed by atoms with Gasteiger partial charge in [-0.1, -0.05) is 12.1 Å². The van der Waals surface area contributed by atoms with Gasteiger partial charge in [0.1, 0.15) is 5.75 Å². The maximum absolute atomic E-state index is 12.0. The first-order chi connectivity index (χ1) is 11.5. The molecule has 0 unspecified atom stereocenters. The molecule has 0 fully saturated rings. The number of carbonyl (C=O) groups is 2. The van der Waals surface area contributed by atoms with Crippen LogP contribution in [-0.4, -0.2) is 44.5 Å². The van der Waals surface area contributed by atoms with Crippen molar-refractivity contribution in [1.29, 1.82) is 0 Å². The first kappa shape index (κ1) is 17.3. The van der Waals surface area contributed by atoms with E-state index in [-0.39, 0.29) is 18.4 Å². The van der Waals surface area contributed by atoms with Gasteiger partial charge in [-0.2, -0.15) is 0 Å². The number of rotatable bonds is 6. The van der Waals surface area contributed by atoms with Crippen LogP contribution in [0.4, 0.5) is 11.4 Å². The molecule has 2 aromatic rings. The van der Waals surface area contributed by atoms with E-state index in [9.17, 15) is 9.59 Å². The first-order valence-corrected chi connectivity index (χ1v) is 7.49. The van der Waals surface area contributed by atoms with E-state index in [0.29, 0.717) is 22.7 Å². The number of carbonyl (C=O) groups excluding carboxylic acids is 2. The molecule has 2 rings (SSSR count). The maximum atomic E-state index is 12.0. The van der Waals surface area contributed by atoms with Gasteiger partial charge in [-0.25, -0.2) is 0 Å². The van der Waals surface area contributed by atoms with Gasteiger partial charge in [0.2, 0.25) is 5.91 Å². The van der Waals surface area contributed by atoms with E-state index in [1.54, 1.807) is 63.7 Å². The van der Waals surface area contributed by atoms with Crippen LogP contribution in [0.2, 0.25) is 0 Å². The van der Waals surface area contributed by atoms with Crippen LogP contribution in [0.1, 0.15) is 10.4 Å². The van der Waals surface area contributed by atoms with E-state index in [0.717, 1.165) is 0 Å². The number of ether oxygens (including phenoxy) is 1. The Morgan fingerprint density at radius 2 is 1.75 bits per heavy atom. The topological polar surface area (TPSA) is 70.7 Å². The summed E-state index contributed by atoms with van der Waals surface area (Å²) < 4.78 is 5.12. The predicted octanol–water partition coefficient (Wildman–Crippen LogP) is 2.45. The summed E-state index contributed by atoms with van der Waals surface area (Å²) in [6.45, 7) is 0.0941. The van der Waals surface area contributed by atoms with Crippen LogP contribution < -0.4 is 15.4 Å². The predicted molar refractivity (Wildman–Crippen MR) is 94.6 cm³/mol. The van der Waals surface area contributed by atoms with E-state index in [1.165, 1.54) is 4.90 Å². The molecule has 2 N–H and O–H groups in total. The van der Waals surface area contributed by atoms with Crippen LogP contribution in [0.5, 0.6) is 5.75 Å². The molecule has 2 aromatic carbocycles. The standard InChI is InChI=1S/C18H21N3O3/c1-21(2)18(23)13-6-4-7-14(10-13)19-12-17(22)20-15-8-5-9-16(11-15)24-3/h4-11,19H,12H2,1-3H3,(H,20,22). The zero-order chi connectivity index (χ0) is 17.5. The molecule has 0 saturated carbocycles. The van der Waals surface area contributed by atoms with Crippen molar-refractivity contribution < 1.29 is 14.3 Å². The fourth-order valence-electron chi connectivity index (χ4n) is 2.11. The highest BCUT2D eigenvalue weighted by Crippen LogP contribution is 2.17. The molecule has 0 aliphatic carbocycles. The van der Waals surface area contributed by atoms with Crippen molar-refractivity contribution in [2.45, 2.75) is 0 Å². The summed E-state index contributed by atoms with van der Waals surface area (Å²) in [5.41, 5.74) is 1.94. The zero-order valence-electron chi connectivity index (χ0n) is 14.0. The van der Waals surface area contributed by atoms with Crippen molar-refractivity contribution in [3.05, 3.63) is 54.1 Å². The number of benzene rings is 2. The van der Waals surface area contributed by atoms with E-state index in [2.05, 4.69) is 10.6 Å². The van der Waals surface area contributed by atoms with E-state index in [4.69, 9.17) is 4.74 Å². The molecule has 24 heavy (non-hydrogen) atoms. The van der Waals surface area contributed by atoms with Crippen LogP contribution in [0.25, 0.3) is 0 Å². The monoisotopic (exact) mass is 327 g/mol. The van der Waals surface area contributed by atoms with Gasteiger partial charge in [0.05, 0.1) is 13.7 Å². The van der Waals surface area contributed by atoms with Gasteiger partial charge in [-0.05, 0) is 30.3 Å². The van der Waals surface area contributed by atoms with Gasteiger partial charge < -0.3 is 20.3 Å². The van der Waals surface area contributed by atoms with Crippen molar-refractivity contribution in [1.82, 2.24) is 4.90 Å². The van der Waals surface area contributed by atoms with Gasteiger partial charge in [-0.3, -0.25) is 9.59 Å². The fraction of sp³-hybridized carbons (Fsp3) is 0.222. The second kappa shape index (κ2) is 8.01. The molecule has 0 aliphatic rings. The number of anilines is 2. The van der Waals surface area contributed by atoms with Crippen molar-refractivity contribution in [3.63, 3.8) is 0 Å². The number of hydrogen-bond acceptors (Lipinski definition) is 4. The Kier molecular flexibility index (Phi) is 5.78. The first-order valence-electron chi connectivity index (χ1n) is 7.49. The highest BCUT2D eigenvalue weighted by molar-refractivity contribution is 5.96. The molecule has 6 nitrogen and oxygen atoms in total. The molecule has 2 amide bonds. The number of nitrogens with zero attached hydrogens (tertiary/aromatic N) is 1. The molecule has 0 atom stereocenters. The van der Waals surface area contributed by atoms with Gasteiger partial charge in [0, 0.05) is 37.1 Å². The summed E-state index contributed by atoms with van der Waals surface area (Å²) in [6.07, 6.45) is 0. The Labute approximate surface area is 141 Å². The third-order valence-corrected chi connectivity index (χ3v) is 3.32. The number of methoxy groups -OCH3 is 1. The Balaban J connectivity index is 1.94. The van der Waals surface area contributed by atoms with Crippen LogP contribution in [0.3, 0.4) is 0 Å². The molecule has 0 radical (unpaired) electrons. The Morgan fingerprint density at radius 3 is 2.46 bits per heavy atom. The number of amides is 2. The van der Waals surface area contributed by atoms with Gasteiger partial charge in [0.25, 0.3) is 5.91 Å². The minimum Gasteiger partial charge on any atom is -0.497 e. The van der Waals surface area contributed by atoms with Crippen LogP contribution in [-0.2, 0) is 4.79 Å².